The van der Waals surface area contributed by atoms with Crippen molar-refractivity contribution >= 4 is 25.3 Å². The van der Waals surface area contributed by atoms with Crippen molar-refractivity contribution in [3.63, 3.8) is 0 Å². The van der Waals surface area contributed by atoms with Gasteiger partial charge in [0.25, 0.3) is 5.22 Å². The van der Waals surface area contributed by atoms with Crippen molar-refractivity contribution in [1.82, 2.24) is 26.0 Å². The van der Waals surface area contributed by atoms with Gasteiger partial charge in [-0.25, -0.2) is 5.43 Å². The van der Waals surface area contributed by atoms with E-state index in [0.29, 0.717) is 22.6 Å². The summed E-state index contributed by atoms with van der Waals surface area (Å²) in [6.07, 6.45) is 3.22. The van der Waals surface area contributed by atoms with E-state index in [4.69, 9.17) is 18.7 Å². The molecule has 34 heavy (non-hydrogen) atoms. The number of carbonyl (C=O) groups excluding carboxylic acids is 1. The molecule has 0 aliphatic carbocycles. The average molecular weight is 502 g/mol. The SMILES string of the molecule is CCOP(=O)(OCC)C(NNC(=O)CSc1nnc(-c2ccncc2)o1)c1ccc(C#N)cc1. The minimum atomic E-state index is -3.70. The van der Waals surface area contributed by atoms with E-state index in [1.165, 1.54) is 0 Å². The molecule has 0 aliphatic heterocycles. The van der Waals surface area contributed by atoms with E-state index < -0.39 is 19.3 Å². The molecule has 0 fully saturated rings. The summed E-state index contributed by atoms with van der Waals surface area (Å²) in [5, 5.41) is 17.2. The van der Waals surface area contributed by atoms with Gasteiger partial charge in [0, 0.05) is 18.0 Å². The Morgan fingerprint density at radius 3 is 2.44 bits per heavy atom. The Balaban J connectivity index is 1.65. The third-order valence-electron chi connectivity index (χ3n) is 4.30. The fourth-order valence-electron chi connectivity index (χ4n) is 2.82. The molecule has 2 aromatic heterocycles. The fourth-order valence-corrected chi connectivity index (χ4v) is 5.24. The molecule has 0 spiro atoms. The Bertz CT molecular complexity index is 1160. The zero-order valence-corrected chi connectivity index (χ0v) is 20.2. The van der Waals surface area contributed by atoms with Crippen LogP contribution in [0.2, 0.25) is 0 Å². The number of nitriles is 1. The minimum Gasteiger partial charge on any atom is -0.411 e. The summed E-state index contributed by atoms with van der Waals surface area (Å²) in [6, 6.07) is 11.9. The molecule has 0 bridgehead atoms. The second kappa shape index (κ2) is 12.4. The van der Waals surface area contributed by atoms with Crippen LogP contribution in [-0.2, 0) is 18.4 Å². The van der Waals surface area contributed by atoms with Gasteiger partial charge in [-0.3, -0.25) is 19.8 Å². The summed E-state index contributed by atoms with van der Waals surface area (Å²) in [4.78, 5) is 16.4. The largest absolute Gasteiger partial charge is 0.411 e. The molecule has 1 aromatic carbocycles. The number of hydrogen-bond donors (Lipinski definition) is 2. The van der Waals surface area contributed by atoms with Crippen LogP contribution >= 0.6 is 19.4 Å². The highest BCUT2D eigenvalue weighted by atomic mass is 32.2. The molecule has 3 aromatic rings. The third-order valence-corrected chi connectivity index (χ3v) is 7.41. The number of hydrazine groups is 1. The number of aromatic nitrogens is 3. The Kier molecular flexibility index (Phi) is 9.33. The van der Waals surface area contributed by atoms with Crippen LogP contribution in [0.4, 0.5) is 0 Å². The van der Waals surface area contributed by atoms with Crippen molar-refractivity contribution in [2.75, 3.05) is 19.0 Å². The maximum Gasteiger partial charge on any atom is 0.353 e. The molecule has 0 aliphatic rings. The molecule has 2 N–H and O–H groups in total. The number of benzene rings is 1. The van der Waals surface area contributed by atoms with Gasteiger partial charge in [0.05, 0.1) is 30.6 Å². The zero-order chi connectivity index (χ0) is 24.4. The van der Waals surface area contributed by atoms with Crippen LogP contribution in [0.15, 0.2) is 58.4 Å². The van der Waals surface area contributed by atoms with Crippen molar-refractivity contribution in [2.24, 2.45) is 0 Å². The number of nitrogens with one attached hydrogen (secondary N) is 2. The predicted molar refractivity (Wildman–Crippen MR) is 124 cm³/mol. The predicted octanol–water partition coefficient (Wildman–Crippen LogP) is 3.68. The Morgan fingerprint density at radius 1 is 1.15 bits per heavy atom. The number of rotatable bonds is 12. The van der Waals surface area contributed by atoms with Gasteiger partial charge in [-0.15, -0.1) is 10.2 Å². The van der Waals surface area contributed by atoms with Gasteiger partial charge >= 0.3 is 7.60 Å². The highest BCUT2D eigenvalue weighted by molar-refractivity contribution is 7.99. The first-order valence-corrected chi connectivity index (χ1v) is 12.9. The molecular weight excluding hydrogens is 479 g/mol. The van der Waals surface area contributed by atoms with E-state index in [-0.39, 0.29) is 24.2 Å². The van der Waals surface area contributed by atoms with E-state index in [2.05, 4.69) is 26.0 Å². The maximum atomic E-state index is 13.4. The quantitative estimate of drug-likeness (QED) is 0.212. The van der Waals surface area contributed by atoms with Crippen molar-refractivity contribution in [2.45, 2.75) is 24.9 Å². The number of hydrogen-bond acceptors (Lipinski definition) is 11. The lowest BCUT2D eigenvalue weighted by molar-refractivity contribution is -0.119. The smallest absolute Gasteiger partial charge is 0.353 e. The molecule has 2 heterocycles. The van der Waals surface area contributed by atoms with Crippen LogP contribution in [0.1, 0.15) is 30.8 Å². The first-order valence-electron chi connectivity index (χ1n) is 10.3. The van der Waals surface area contributed by atoms with E-state index in [1.54, 1.807) is 62.6 Å². The summed E-state index contributed by atoms with van der Waals surface area (Å²) in [6.45, 7) is 3.68. The molecule has 11 nitrogen and oxygen atoms in total. The number of nitrogens with zero attached hydrogens (tertiary/aromatic N) is 4. The molecule has 0 saturated carbocycles. The van der Waals surface area contributed by atoms with Crippen molar-refractivity contribution in [1.29, 1.82) is 5.26 Å². The number of carbonyl (C=O) groups is 1. The summed E-state index contributed by atoms with van der Waals surface area (Å²) in [7, 11) is -3.70. The lowest BCUT2D eigenvalue weighted by Gasteiger charge is -2.27. The van der Waals surface area contributed by atoms with E-state index in [0.717, 1.165) is 11.8 Å². The topological polar surface area (TPSA) is 152 Å². The first-order chi connectivity index (χ1) is 16.5. The van der Waals surface area contributed by atoms with Crippen LogP contribution < -0.4 is 10.9 Å². The van der Waals surface area contributed by atoms with Crippen molar-refractivity contribution in [3.8, 4) is 17.5 Å². The Hall–Kier alpha value is -3.07. The van der Waals surface area contributed by atoms with Crippen LogP contribution in [0.25, 0.3) is 11.5 Å². The summed E-state index contributed by atoms with van der Waals surface area (Å²) in [5.41, 5.74) is 6.99. The summed E-state index contributed by atoms with van der Waals surface area (Å²) >= 11 is 1.05. The minimum absolute atomic E-state index is 0.0430. The molecule has 1 amide bonds. The maximum absolute atomic E-state index is 13.4. The standard InChI is InChI=1S/C21H23N6O5PS/c1-3-30-33(29,31-4-2)20(17-7-5-15(13-22)6-8-17)26-24-18(28)14-34-21-27-25-19(32-21)16-9-11-23-12-10-16/h5-12,20,26H,3-4,14H2,1-2H3,(H,24,28). The van der Waals surface area contributed by atoms with Crippen molar-refractivity contribution < 1.29 is 22.8 Å². The second-order valence-electron chi connectivity index (χ2n) is 6.60. The van der Waals surface area contributed by atoms with Crippen LogP contribution in [0, 0.1) is 11.3 Å². The van der Waals surface area contributed by atoms with Crippen LogP contribution in [0.3, 0.4) is 0 Å². The van der Waals surface area contributed by atoms with Crippen LogP contribution in [0.5, 0.6) is 0 Å². The van der Waals surface area contributed by atoms with Gasteiger partial charge in [-0.05, 0) is 43.7 Å². The highest BCUT2D eigenvalue weighted by Crippen LogP contribution is 2.59. The van der Waals surface area contributed by atoms with E-state index in [9.17, 15) is 9.36 Å². The molecule has 0 radical (unpaired) electrons. The molecule has 0 saturated heterocycles. The summed E-state index contributed by atoms with van der Waals surface area (Å²) in [5.74, 6) is -1.14. The highest BCUT2D eigenvalue weighted by Gasteiger charge is 2.37. The van der Waals surface area contributed by atoms with Gasteiger partial charge in [-0.1, -0.05) is 23.9 Å². The lowest BCUT2D eigenvalue weighted by atomic mass is 10.1. The first kappa shape index (κ1) is 25.6. The van der Waals surface area contributed by atoms with E-state index in [1.807, 2.05) is 6.07 Å². The lowest BCUT2D eigenvalue weighted by Crippen LogP contribution is -2.41. The van der Waals surface area contributed by atoms with Gasteiger partial charge in [0.2, 0.25) is 11.8 Å². The Labute approximate surface area is 200 Å². The Morgan fingerprint density at radius 2 is 1.82 bits per heavy atom. The molecule has 3 rings (SSSR count). The molecule has 1 atom stereocenters. The van der Waals surface area contributed by atoms with Gasteiger partial charge in [0.15, 0.2) is 5.78 Å². The monoisotopic (exact) mass is 502 g/mol. The number of thioether (sulfide) groups is 1. The molecule has 178 valence electrons. The van der Waals surface area contributed by atoms with Gasteiger partial charge < -0.3 is 13.5 Å². The van der Waals surface area contributed by atoms with Gasteiger partial charge in [0.1, 0.15) is 0 Å². The fraction of sp³-hybridized carbons (Fsp3) is 0.286. The second-order valence-corrected chi connectivity index (χ2v) is 9.64. The number of amides is 1. The molecule has 1 unspecified atom stereocenters. The zero-order valence-electron chi connectivity index (χ0n) is 18.5. The van der Waals surface area contributed by atoms with E-state index >= 15 is 0 Å². The normalized spacial score (nSPS) is 12.1. The van der Waals surface area contributed by atoms with Crippen LogP contribution in [-0.4, -0.2) is 40.1 Å². The molecule has 13 heteroatoms. The summed E-state index contributed by atoms with van der Waals surface area (Å²) < 4.78 is 29.9. The molecular formula is C21H23N6O5PS. The number of pyridine rings is 1. The third kappa shape index (κ3) is 6.72. The van der Waals surface area contributed by atoms with Gasteiger partial charge in [-0.2, -0.15) is 5.26 Å². The average Bonchev–Trinajstić information content (AvgIpc) is 3.33. The van der Waals surface area contributed by atoms with Crippen molar-refractivity contribution in [3.05, 3.63) is 59.9 Å².